The summed E-state index contributed by atoms with van der Waals surface area (Å²) in [5, 5.41) is 2.76. The number of carbonyl (C=O) groups excluding carboxylic acids is 1. The highest BCUT2D eigenvalue weighted by molar-refractivity contribution is 6.05. The Morgan fingerprint density at radius 2 is 2.09 bits per heavy atom. The van der Waals surface area contributed by atoms with Crippen LogP contribution in [0.1, 0.15) is 62.1 Å². The van der Waals surface area contributed by atoms with Crippen LogP contribution >= 0.6 is 0 Å². The molecule has 1 N–H and O–H groups in total. The van der Waals surface area contributed by atoms with Crippen LogP contribution in [0.15, 0.2) is 35.5 Å². The van der Waals surface area contributed by atoms with Gasteiger partial charge in [0, 0.05) is 31.1 Å². The van der Waals surface area contributed by atoms with Gasteiger partial charge in [0.1, 0.15) is 11.3 Å². The Bertz CT molecular complexity index is 1390. The van der Waals surface area contributed by atoms with Gasteiger partial charge < -0.3 is 24.1 Å². The third kappa shape index (κ3) is 3.63. The van der Waals surface area contributed by atoms with E-state index in [2.05, 4.69) is 17.2 Å². The summed E-state index contributed by atoms with van der Waals surface area (Å²) in [6.07, 6.45) is 7.75. The lowest BCUT2D eigenvalue weighted by Gasteiger charge is -2.41. The molecule has 2 aliphatic heterocycles. The van der Waals surface area contributed by atoms with E-state index in [0.717, 1.165) is 25.0 Å². The Morgan fingerprint density at radius 1 is 1.29 bits per heavy atom. The van der Waals surface area contributed by atoms with Crippen molar-refractivity contribution >= 4 is 17.4 Å². The van der Waals surface area contributed by atoms with E-state index < -0.39 is 5.91 Å². The lowest BCUT2D eigenvalue weighted by molar-refractivity contribution is 0.0154. The van der Waals surface area contributed by atoms with Crippen LogP contribution in [0, 0.1) is 0 Å². The number of methoxy groups -OCH3 is 1. The first-order valence-corrected chi connectivity index (χ1v) is 12.0. The van der Waals surface area contributed by atoms with Crippen molar-refractivity contribution in [2.24, 2.45) is 0 Å². The van der Waals surface area contributed by atoms with Gasteiger partial charge in [0.15, 0.2) is 0 Å². The van der Waals surface area contributed by atoms with Gasteiger partial charge in [-0.15, -0.1) is 0 Å². The molecule has 3 aromatic heterocycles. The summed E-state index contributed by atoms with van der Waals surface area (Å²) in [6.45, 7) is 6.50. The van der Waals surface area contributed by atoms with Crippen LogP contribution in [0.2, 0.25) is 0 Å². The van der Waals surface area contributed by atoms with Gasteiger partial charge in [0.2, 0.25) is 11.7 Å². The van der Waals surface area contributed by atoms with Crippen molar-refractivity contribution in [3.63, 3.8) is 0 Å². The average molecular weight is 480 g/mol. The van der Waals surface area contributed by atoms with E-state index in [4.69, 9.17) is 19.2 Å². The second kappa shape index (κ2) is 7.63. The minimum Gasteiger partial charge on any atom is -0.474 e. The van der Waals surface area contributed by atoms with Crippen molar-refractivity contribution in [2.75, 3.05) is 19.0 Å². The number of imidazole rings is 1. The highest BCUT2D eigenvalue weighted by Gasteiger charge is 2.61. The molecule has 0 unspecified atom stereocenters. The molecule has 2 bridgehead atoms. The topological polar surface area (TPSA) is 109 Å². The zero-order valence-corrected chi connectivity index (χ0v) is 20.3. The van der Waals surface area contributed by atoms with Crippen molar-refractivity contribution < 1.29 is 19.0 Å². The summed E-state index contributed by atoms with van der Waals surface area (Å²) >= 11 is 0. The van der Waals surface area contributed by atoms with Crippen molar-refractivity contribution in [3.8, 4) is 5.88 Å². The number of hydrogen-bond acceptors (Lipinski definition) is 7. The van der Waals surface area contributed by atoms with Crippen LogP contribution in [-0.2, 0) is 14.9 Å². The molecule has 2 atom stereocenters. The molecular weight excluding hydrogens is 450 g/mol. The van der Waals surface area contributed by atoms with Crippen molar-refractivity contribution in [1.82, 2.24) is 18.9 Å². The van der Waals surface area contributed by atoms with E-state index in [1.807, 2.05) is 20.0 Å². The average Bonchev–Trinajstić information content (AvgIpc) is 3.13. The molecular formula is C25H29N5O5. The van der Waals surface area contributed by atoms with E-state index >= 15 is 0 Å². The summed E-state index contributed by atoms with van der Waals surface area (Å²) in [6, 6.07) is 3.32. The molecule has 3 aromatic rings. The van der Waals surface area contributed by atoms with Gasteiger partial charge in [-0.1, -0.05) is 0 Å². The number of hydrogen-bond donors (Lipinski definition) is 1. The summed E-state index contributed by atoms with van der Waals surface area (Å²) in [4.78, 5) is 35.6. The smallest absolute Gasteiger partial charge is 0.274 e. The monoisotopic (exact) mass is 479 g/mol. The van der Waals surface area contributed by atoms with Crippen LogP contribution in [0.4, 0.5) is 5.69 Å². The fourth-order valence-electron chi connectivity index (χ4n) is 5.54. The number of amides is 1. The first-order valence-electron chi connectivity index (χ1n) is 12.0. The maximum atomic E-state index is 13.3. The molecule has 10 heteroatoms. The van der Waals surface area contributed by atoms with Crippen molar-refractivity contribution in [3.05, 3.63) is 52.3 Å². The Balaban J connectivity index is 1.33. The van der Waals surface area contributed by atoms with Crippen molar-refractivity contribution in [2.45, 2.75) is 69.3 Å². The molecule has 10 nitrogen and oxygen atoms in total. The summed E-state index contributed by atoms with van der Waals surface area (Å²) in [7, 11) is 1.63. The summed E-state index contributed by atoms with van der Waals surface area (Å²) in [5.74, 6) is 0.167. The number of nitrogens with one attached hydrogen (secondary N) is 1. The SMILES string of the molecule is CO[C@H]1C[C@@H]1n1cccc(NC(=O)c2cn3cc(C45COC(C)(C4)C5)nc3nc2OC(C)C)c1=O. The molecule has 184 valence electrons. The molecule has 0 radical (unpaired) electrons. The number of carbonyl (C=O) groups is 1. The van der Waals surface area contributed by atoms with Crippen molar-refractivity contribution in [1.29, 1.82) is 0 Å². The number of anilines is 1. The maximum Gasteiger partial charge on any atom is 0.274 e. The third-order valence-corrected chi connectivity index (χ3v) is 7.25. The lowest BCUT2D eigenvalue weighted by Crippen LogP contribution is -2.45. The molecule has 4 fully saturated rings. The molecule has 2 saturated heterocycles. The normalized spacial score (nSPS) is 28.8. The Hall–Kier alpha value is -3.24. The summed E-state index contributed by atoms with van der Waals surface area (Å²) in [5.41, 5.74) is 0.899. The number of aromatic nitrogens is 4. The largest absolute Gasteiger partial charge is 0.474 e. The molecule has 4 aliphatic rings. The van der Waals surface area contributed by atoms with E-state index in [1.165, 1.54) is 0 Å². The van der Waals surface area contributed by atoms with Gasteiger partial charge in [0.25, 0.3) is 11.5 Å². The zero-order chi connectivity index (χ0) is 24.5. The molecule has 5 heterocycles. The van der Waals surface area contributed by atoms with Gasteiger partial charge in [-0.2, -0.15) is 4.98 Å². The van der Waals surface area contributed by atoms with E-state index in [0.29, 0.717) is 12.4 Å². The Morgan fingerprint density at radius 3 is 2.74 bits per heavy atom. The highest BCUT2D eigenvalue weighted by atomic mass is 16.5. The molecule has 7 rings (SSSR count). The van der Waals surface area contributed by atoms with Crippen LogP contribution < -0.4 is 15.6 Å². The summed E-state index contributed by atoms with van der Waals surface area (Å²) < 4.78 is 20.5. The first-order chi connectivity index (χ1) is 16.7. The number of nitrogens with zero attached hydrogens (tertiary/aromatic N) is 4. The molecule has 1 amide bonds. The molecule has 0 spiro atoms. The first kappa shape index (κ1) is 22.2. The molecule has 2 saturated carbocycles. The molecule has 2 aliphatic carbocycles. The van der Waals surface area contributed by atoms with Crippen LogP contribution in [0.3, 0.4) is 0 Å². The zero-order valence-electron chi connectivity index (χ0n) is 20.3. The van der Waals surface area contributed by atoms with E-state index in [-0.39, 0.29) is 52.0 Å². The predicted octanol–water partition coefficient (Wildman–Crippen LogP) is 2.71. The molecule has 0 aromatic carbocycles. The standard InChI is InChI=1S/C25H29N5O5/c1-14(2)35-21-15(20(31)26-16-6-5-7-30(22(16)32)17-8-18(17)33-4)9-29-10-19(27-23(29)28-21)25-11-24(3,12-25)34-13-25/h5-7,9-10,14,17-18H,8,11-13H2,1-4H3,(H,26,31)/t17-,18-,24?,25?/m0/s1. The molecule has 35 heavy (non-hydrogen) atoms. The maximum absolute atomic E-state index is 13.3. The number of rotatable bonds is 7. The fourth-order valence-corrected chi connectivity index (χ4v) is 5.54. The Kier molecular flexibility index (Phi) is 4.85. The van der Waals surface area contributed by atoms with Crippen LogP contribution in [0.25, 0.3) is 5.78 Å². The fraction of sp³-hybridized carbons (Fsp3) is 0.520. The van der Waals surface area contributed by atoms with Gasteiger partial charge >= 0.3 is 0 Å². The quantitative estimate of drug-likeness (QED) is 0.555. The van der Waals surface area contributed by atoms with E-state index in [9.17, 15) is 9.59 Å². The number of pyridine rings is 1. The lowest BCUT2D eigenvalue weighted by atomic mass is 9.62. The second-order valence-corrected chi connectivity index (χ2v) is 10.5. The van der Waals surface area contributed by atoms with Gasteiger partial charge in [-0.05, 0) is 52.2 Å². The van der Waals surface area contributed by atoms with E-state index in [1.54, 1.807) is 40.6 Å². The Labute approximate surface area is 202 Å². The van der Waals surface area contributed by atoms with Crippen LogP contribution in [0.5, 0.6) is 5.88 Å². The third-order valence-electron chi connectivity index (χ3n) is 7.25. The number of fused-ring (bicyclic) bond motifs is 2. The second-order valence-electron chi connectivity index (χ2n) is 10.5. The number of ether oxygens (including phenoxy) is 3. The van der Waals surface area contributed by atoms with Crippen LogP contribution in [-0.4, -0.2) is 56.4 Å². The van der Waals surface area contributed by atoms with Gasteiger partial charge in [-0.3, -0.25) is 14.0 Å². The predicted molar refractivity (Wildman–Crippen MR) is 127 cm³/mol. The van der Waals surface area contributed by atoms with Gasteiger partial charge in [0.05, 0.1) is 36.2 Å². The highest BCUT2D eigenvalue weighted by Crippen LogP contribution is 2.58. The minimum atomic E-state index is -0.474. The van der Waals surface area contributed by atoms with Gasteiger partial charge in [-0.25, -0.2) is 4.98 Å². The minimum absolute atomic E-state index is 0.0149.